The van der Waals surface area contributed by atoms with E-state index in [1.54, 1.807) is 18.3 Å². The number of aromatic nitrogens is 2. The molecule has 0 saturated carbocycles. The molecule has 4 rings (SSSR count). The van der Waals surface area contributed by atoms with E-state index >= 15 is 0 Å². The van der Waals surface area contributed by atoms with E-state index in [2.05, 4.69) is 15.3 Å². The maximum absolute atomic E-state index is 12.5. The van der Waals surface area contributed by atoms with E-state index in [1.807, 2.05) is 41.3 Å². The summed E-state index contributed by atoms with van der Waals surface area (Å²) in [5, 5.41) is 3.22. The number of anilines is 2. The fourth-order valence-electron chi connectivity index (χ4n) is 3.27. The SMILES string of the molecule is O=C(c1ccco1)N1CCCC(c2ccnc(Nc3ccccc3)n2)C1. The van der Waals surface area contributed by atoms with Gasteiger partial charge in [0, 0.05) is 30.9 Å². The minimum absolute atomic E-state index is 0.0589. The molecule has 3 aromatic rings. The number of amides is 1. The fraction of sp³-hybridized carbons (Fsp3) is 0.250. The molecule has 26 heavy (non-hydrogen) atoms. The normalized spacial score (nSPS) is 17.1. The highest BCUT2D eigenvalue weighted by molar-refractivity contribution is 5.91. The Kier molecular flexibility index (Phi) is 4.64. The Labute approximate surface area is 151 Å². The Balaban J connectivity index is 1.48. The van der Waals surface area contributed by atoms with Crippen molar-refractivity contribution in [3.05, 3.63) is 72.4 Å². The lowest BCUT2D eigenvalue weighted by Crippen LogP contribution is -2.39. The first kappa shape index (κ1) is 16.3. The van der Waals surface area contributed by atoms with Crippen LogP contribution in [0.2, 0.25) is 0 Å². The Bertz CT molecular complexity index is 865. The van der Waals surface area contributed by atoms with E-state index in [9.17, 15) is 4.79 Å². The van der Waals surface area contributed by atoms with Crippen LogP contribution in [0.4, 0.5) is 11.6 Å². The number of piperidine rings is 1. The number of likely N-dealkylation sites (tertiary alicyclic amines) is 1. The van der Waals surface area contributed by atoms with Gasteiger partial charge in [0.1, 0.15) is 0 Å². The number of hydrogen-bond acceptors (Lipinski definition) is 5. The van der Waals surface area contributed by atoms with Crippen molar-refractivity contribution in [1.29, 1.82) is 0 Å². The summed E-state index contributed by atoms with van der Waals surface area (Å²) in [6.45, 7) is 1.39. The molecule has 0 radical (unpaired) electrons. The molecule has 6 nitrogen and oxygen atoms in total. The summed E-state index contributed by atoms with van der Waals surface area (Å²) in [5.74, 6) is 1.10. The topological polar surface area (TPSA) is 71.3 Å². The number of furan rings is 1. The molecular weight excluding hydrogens is 328 g/mol. The number of para-hydroxylation sites is 1. The van der Waals surface area contributed by atoms with Gasteiger partial charge in [-0.05, 0) is 43.2 Å². The van der Waals surface area contributed by atoms with Crippen LogP contribution in [0.25, 0.3) is 0 Å². The largest absolute Gasteiger partial charge is 0.459 e. The van der Waals surface area contributed by atoms with Crippen molar-refractivity contribution in [2.45, 2.75) is 18.8 Å². The molecule has 0 spiro atoms. The first-order valence-corrected chi connectivity index (χ1v) is 8.77. The molecule has 1 aliphatic heterocycles. The molecular formula is C20H20N4O2. The van der Waals surface area contributed by atoms with E-state index in [0.717, 1.165) is 30.8 Å². The van der Waals surface area contributed by atoms with Crippen LogP contribution in [0, 0.1) is 0 Å². The number of nitrogens with one attached hydrogen (secondary N) is 1. The highest BCUT2D eigenvalue weighted by atomic mass is 16.3. The van der Waals surface area contributed by atoms with Gasteiger partial charge in [-0.1, -0.05) is 18.2 Å². The number of carbonyl (C=O) groups excluding carboxylic acids is 1. The lowest BCUT2D eigenvalue weighted by molar-refractivity contribution is 0.0673. The summed E-state index contributed by atoms with van der Waals surface area (Å²) in [6, 6.07) is 15.2. The average Bonchev–Trinajstić information content (AvgIpc) is 3.23. The minimum atomic E-state index is -0.0589. The molecule has 6 heteroatoms. The lowest BCUT2D eigenvalue weighted by atomic mass is 9.94. The van der Waals surface area contributed by atoms with Crippen LogP contribution >= 0.6 is 0 Å². The van der Waals surface area contributed by atoms with Crippen molar-refractivity contribution < 1.29 is 9.21 Å². The number of hydrogen-bond donors (Lipinski definition) is 1. The molecule has 0 bridgehead atoms. The fourth-order valence-corrected chi connectivity index (χ4v) is 3.27. The predicted octanol–water partition coefficient (Wildman–Crippen LogP) is 3.83. The molecule has 2 aromatic heterocycles. The van der Waals surface area contributed by atoms with Crippen LogP contribution in [0.3, 0.4) is 0 Å². The molecule has 3 heterocycles. The van der Waals surface area contributed by atoms with Crippen LogP contribution in [0.1, 0.15) is 35.0 Å². The van der Waals surface area contributed by atoms with Gasteiger partial charge in [-0.25, -0.2) is 9.97 Å². The standard InChI is InChI=1S/C20H20N4O2/c25-19(18-9-5-13-26-18)24-12-4-6-15(14-24)17-10-11-21-20(23-17)22-16-7-2-1-3-8-16/h1-3,5,7-11,13,15H,4,6,12,14H2,(H,21,22,23). The van der Waals surface area contributed by atoms with Gasteiger partial charge < -0.3 is 14.6 Å². The van der Waals surface area contributed by atoms with Crippen LogP contribution in [-0.2, 0) is 0 Å². The van der Waals surface area contributed by atoms with E-state index < -0.39 is 0 Å². The van der Waals surface area contributed by atoms with E-state index in [0.29, 0.717) is 18.3 Å². The summed E-state index contributed by atoms with van der Waals surface area (Å²) in [7, 11) is 0. The lowest BCUT2D eigenvalue weighted by Gasteiger charge is -2.32. The zero-order chi connectivity index (χ0) is 17.8. The number of nitrogens with zero attached hydrogens (tertiary/aromatic N) is 3. The van der Waals surface area contributed by atoms with Crippen molar-refractivity contribution >= 4 is 17.5 Å². The molecule has 132 valence electrons. The zero-order valence-electron chi connectivity index (χ0n) is 14.3. The summed E-state index contributed by atoms with van der Waals surface area (Å²) in [5.41, 5.74) is 1.90. The van der Waals surface area contributed by atoms with Crippen molar-refractivity contribution in [2.24, 2.45) is 0 Å². The summed E-state index contributed by atoms with van der Waals surface area (Å²) in [6.07, 6.45) is 5.24. The Morgan fingerprint density at radius 1 is 1.15 bits per heavy atom. The molecule has 1 saturated heterocycles. The van der Waals surface area contributed by atoms with Crippen LogP contribution in [0.15, 0.2) is 65.4 Å². The average molecular weight is 348 g/mol. The smallest absolute Gasteiger partial charge is 0.289 e. The van der Waals surface area contributed by atoms with Gasteiger partial charge in [-0.2, -0.15) is 0 Å². The van der Waals surface area contributed by atoms with Crippen molar-refractivity contribution in [1.82, 2.24) is 14.9 Å². The van der Waals surface area contributed by atoms with Crippen molar-refractivity contribution in [2.75, 3.05) is 18.4 Å². The summed E-state index contributed by atoms with van der Waals surface area (Å²) < 4.78 is 5.25. The maximum Gasteiger partial charge on any atom is 0.289 e. The first-order chi connectivity index (χ1) is 12.8. The first-order valence-electron chi connectivity index (χ1n) is 8.77. The number of benzene rings is 1. The van der Waals surface area contributed by atoms with Gasteiger partial charge >= 0.3 is 0 Å². The second-order valence-electron chi connectivity index (χ2n) is 6.36. The van der Waals surface area contributed by atoms with Gasteiger partial charge in [0.05, 0.1) is 12.0 Å². The molecule has 1 aromatic carbocycles. The molecule has 0 aliphatic carbocycles. The summed E-state index contributed by atoms with van der Waals surface area (Å²) >= 11 is 0. The van der Waals surface area contributed by atoms with Gasteiger partial charge in [0.25, 0.3) is 5.91 Å². The maximum atomic E-state index is 12.5. The number of carbonyl (C=O) groups is 1. The van der Waals surface area contributed by atoms with Gasteiger partial charge in [0.2, 0.25) is 5.95 Å². The van der Waals surface area contributed by atoms with Crippen molar-refractivity contribution in [3.63, 3.8) is 0 Å². The Morgan fingerprint density at radius 3 is 2.85 bits per heavy atom. The summed E-state index contributed by atoms with van der Waals surface area (Å²) in [4.78, 5) is 23.4. The van der Waals surface area contributed by atoms with Gasteiger partial charge in [-0.3, -0.25) is 4.79 Å². The monoisotopic (exact) mass is 348 g/mol. The van der Waals surface area contributed by atoms with Crippen LogP contribution < -0.4 is 5.32 Å². The quantitative estimate of drug-likeness (QED) is 0.776. The zero-order valence-corrected chi connectivity index (χ0v) is 14.3. The third-order valence-electron chi connectivity index (χ3n) is 4.57. The molecule has 1 unspecified atom stereocenters. The van der Waals surface area contributed by atoms with Crippen LogP contribution in [0.5, 0.6) is 0 Å². The third kappa shape index (κ3) is 3.59. The van der Waals surface area contributed by atoms with Gasteiger partial charge in [0.15, 0.2) is 5.76 Å². The second kappa shape index (κ2) is 7.39. The number of rotatable bonds is 4. The second-order valence-corrected chi connectivity index (χ2v) is 6.36. The molecule has 1 N–H and O–H groups in total. The highest BCUT2D eigenvalue weighted by Gasteiger charge is 2.27. The van der Waals surface area contributed by atoms with E-state index in [1.165, 1.54) is 6.26 Å². The van der Waals surface area contributed by atoms with Crippen LogP contribution in [-0.4, -0.2) is 33.9 Å². The van der Waals surface area contributed by atoms with Gasteiger partial charge in [-0.15, -0.1) is 0 Å². The highest BCUT2D eigenvalue weighted by Crippen LogP contribution is 2.27. The van der Waals surface area contributed by atoms with Crippen molar-refractivity contribution in [3.8, 4) is 0 Å². The Morgan fingerprint density at radius 2 is 2.04 bits per heavy atom. The molecule has 1 amide bonds. The Hall–Kier alpha value is -3.15. The third-order valence-corrected chi connectivity index (χ3v) is 4.57. The molecule has 1 aliphatic rings. The minimum Gasteiger partial charge on any atom is -0.459 e. The van der Waals surface area contributed by atoms with E-state index in [-0.39, 0.29) is 11.8 Å². The predicted molar refractivity (Wildman–Crippen MR) is 98.3 cm³/mol. The molecule has 1 fully saturated rings. The van der Waals surface area contributed by atoms with E-state index in [4.69, 9.17) is 4.42 Å². The molecule has 1 atom stereocenters.